The van der Waals surface area contributed by atoms with E-state index in [1.165, 1.54) is 6.07 Å². The molecule has 12 N–H and O–H groups in total. The first kappa shape index (κ1) is 31.7. The molecule has 2 aliphatic heterocycles. The molecule has 17 nitrogen and oxygen atoms in total. The van der Waals surface area contributed by atoms with Crippen LogP contribution in [0.4, 0.5) is 0 Å². The van der Waals surface area contributed by atoms with Crippen molar-refractivity contribution in [1.82, 2.24) is 0 Å². The molecular formula is C27H31O17+. The number of hydrogen-bond acceptors (Lipinski definition) is 16. The van der Waals surface area contributed by atoms with Crippen LogP contribution < -0.4 is 4.74 Å². The van der Waals surface area contributed by atoms with Gasteiger partial charge < -0.3 is 80.2 Å². The maximum atomic E-state index is 11.0. The van der Waals surface area contributed by atoms with Crippen molar-refractivity contribution < 1.29 is 84.6 Å². The normalized spacial score (nSPS) is 32.5. The number of benzene rings is 2. The van der Waals surface area contributed by atoms with Crippen LogP contribution in [0.2, 0.25) is 0 Å². The molecule has 2 fully saturated rings. The quantitative estimate of drug-likeness (QED) is 0.0987. The molecule has 1 aromatic heterocycles. The highest BCUT2D eigenvalue weighted by atomic mass is 16.8. The van der Waals surface area contributed by atoms with Gasteiger partial charge >= 0.3 is 11.3 Å². The van der Waals surface area contributed by atoms with Gasteiger partial charge in [0, 0.05) is 24.3 Å². The molecule has 0 spiro atoms. The topological polar surface area (TPSA) is 291 Å². The Morgan fingerprint density at radius 3 is 1.86 bits per heavy atom. The van der Waals surface area contributed by atoms with E-state index in [0.717, 1.165) is 24.3 Å². The van der Waals surface area contributed by atoms with Gasteiger partial charge in [0.2, 0.25) is 12.0 Å². The number of phenolic OH excluding ortho intramolecular Hbond substituents is 5. The summed E-state index contributed by atoms with van der Waals surface area (Å²) in [5.74, 6) is -3.88. The molecular weight excluding hydrogens is 596 g/mol. The van der Waals surface area contributed by atoms with Crippen LogP contribution in [0.25, 0.3) is 22.3 Å². The summed E-state index contributed by atoms with van der Waals surface area (Å²) in [4.78, 5) is 0. The first-order valence-corrected chi connectivity index (χ1v) is 13.2. The lowest BCUT2D eigenvalue weighted by molar-refractivity contribution is -0.357. The molecule has 0 amide bonds. The molecule has 2 aliphatic rings. The van der Waals surface area contributed by atoms with Crippen LogP contribution in [0.15, 0.2) is 34.7 Å². The van der Waals surface area contributed by atoms with Crippen LogP contribution in [0.5, 0.6) is 34.5 Å². The fourth-order valence-corrected chi connectivity index (χ4v) is 4.96. The summed E-state index contributed by atoms with van der Waals surface area (Å²) in [6.07, 6.45) is -17.5. The molecule has 5 unspecified atom stereocenters. The summed E-state index contributed by atoms with van der Waals surface area (Å²) in [5, 5.41) is 122. The van der Waals surface area contributed by atoms with Crippen LogP contribution in [0.1, 0.15) is 0 Å². The van der Waals surface area contributed by atoms with Gasteiger partial charge in [-0.05, 0) is 0 Å². The van der Waals surface area contributed by atoms with Gasteiger partial charge in [-0.2, -0.15) is 0 Å². The highest BCUT2D eigenvalue weighted by Gasteiger charge is 2.52. The van der Waals surface area contributed by atoms with Gasteiger partial charge in [0.1, 0.15) is 59.6 Å². The number of aliphatic hydroxyl groups is 7. The lowest BCUT2D eigenvalue weighted by Gasteiger charge is -2.45. The second-order valence-corrected chi connectivity index (χ2v) is 10.3. The van der Waals surface area contributed by atoms with Crippen molar-refractivity contribution in [2.45, 2.75) is 61.4 Å². The van der Waals surface area contributed by atoms with Gasteiger partial charge in [-0.25, -0.2) is 4.42 Å². The minimum absolute atomic E-state index is 0.0322. The van der Waals surface area contributed by atoms with E-state index < -0.39 is 97.6 Å². The standard InChI is InChI=1S/C27H30O17/c28-6-16-19(35)21(37)23(39)26(42-16)44-25-22(38)20(36)17(7-29)43-27(25)41-15-5-10-11(31)3-9(30)4-14(10)40-24(15)8-1-12(32)18(34)13(33)2-8/h1-5,16-17,19-23,25-29,35-39H,6-7H2,(H4-,30,31,32,33,34)/p+1/t16?,17?,19-,20-,21?,22?,23-,25?,26+,27-/m1/s1. The minimum atomic E-state index is -1.92. The van der Waals surface area contributed by atoms with E-state index >= 15 is 0 Å². The number of aliphatic hydroxyl groups excluding tert-OH is 7. The van der Waals surface area contributed by atoms with E-state index in [1.807, 2.05) is 0 Å². The molecule has 3 heterocycles. The Labute approximate surface area is 246 Å². The van der Waals surface area contributed by atoms with Crippen molar-refractivity contribution >= 4 is 11.0 Å². The maximum absolute atomic E-state index is 11.0. The molecule has 0 bridgehead atoms. The van der Waals surface area contributed by atoms with E-state index in [2.05, 4.69) is 0 Å². The van der Waals surface area contributed by atoms with Crippen LogP contribution in [-0.2, 0) is 14.2 Å². The average Bonchev–Trinajstić information content (AvgIpc) is 2.99. The van der Waals surface area contributed by atoms with Crippen molar-refractivity contribution in [2.75, 3.05) is 13.2 Å². The zero-order valence-corrected chi connectivity index (χ0v) is 22.5. The third-order valence-corrected chi connectivity index (χ3v) is 7.36. The molecule has 5 rings (SSSR count). The Balaban J connectivity index is 1.59. The second-order valence-electron chi connectivity index (χ2n) is 10.3. The largest absolute Gasteiger partial charge is 0.507 e. The van der Waals surface area contributed by atoms with E-state index in [0.29, 0.717) is 0 Å². The van der Waals surface area contributed by atoms with E-state index in [9.17, 15) is 61.3 Å². The predicted molar refractivity (Wildman–Crippen MR) is 141 cm³/mol. The molecule has 0 radical (unpaired) electrons. The minimum Gasteiger partial charge on any atom is -0.507 e. The zero-order chi connectivity index (χ0) is 32.0. The van der Waals surface area contributed by atoms with Crippen LogP contribution in [0.3, 0.4) is 0 Å². The number of ether oxygens (including phenoxy) is 4. The van der Waals surface area contributed by atoms with Gasteiger partial charge in [0.15, 0.2) is 29.6 Å². The van der Waals surface area contributed by atoms with E-state index in [-0.39, 0.29) is 33.8 Å². The number of aromatic hydroxyl groups is 5. The monoisotopic (exact) mass is 627 g/mol. The Hall–Kier alpha value is -3.75. The van der Waals surface area contributed by atoms with Crippen LogP contribution in [0, 0.1) is 0 Å². The Morgan fingerprint density at radius 2 is 1.25 bits per heavy atom. The Morgan fingerprint density at radius 1 is 0.659 bits per heavy atom. The van der Waals surface area contributed by atoms with E-state index in [1.54, 1.807) is 0 Å². The second kappa shape index (κ2) is 12.3. The molecule has 0 aliphatic carbocycles. The first-order chi connectivity index (χ1) is 20.8. The zero-order valence-electron chi connectivity index (χ0n) is 22.5. The van der Waals surface area contributed by atoms with Gasteiger partial charge in [0.25, 0.3) is 0 Å². The van der Waals surface area contributed by atoms with Crippen molar-refractivity contribution in [1.29, 1.82) is 0 Å². The third kappa shape index (κ3) is 5.73. The van der Waals surface area contributed by atoms with Crippen LogP contribution >= 0.6 is 0 Å². The lowest BCUT2D eigenvalue weighted by atomic mass is 9.97. The Kier molecular flexibility index (Phi) is 8.87. The number of hydrogen-bond donors (Lipinski definition) is 12. The Bertz CT molecular complexity index is 1470. The summed E-state index contributed by atoms with van der Waals surface area (Å²) >= 11 is 0. The molecule has 3 aromatic rings. The van der Waals surface area contributed by atoms with Gasteiger partial charge in [-0.1, -0.05) is 0 Å². The summed E-state index contributed by atoms with van der Waals surface area (Å²) in [5.41, 5.74) is -0.224. The van der Waals surface area contributed by atoms with Gasteiger partial charge in [-0.15, -0.1) is 0 Å². The highest BCUT2D eigenvalue weighted by Crippen LogP contribution is 2.45. The third-order valence-electron chi connectivity index (χ3n) is 7.36. The summed E-state index contributed by atoms with van der Waals surface area (Å²) in [6.45, 7) is -1.61. The van der Waals surface area contributed by atoms with Gasteiger partial charge in [-0.3, -0.25) is 0 Å². The fourth-order valence-electron chi connectivity index (χ4n) is 4.96. The van der Waals surface area contributed by atoms with Crippen LogP contribution in [-0.4, -0.2) is 136 Å². The maximum Gasteiger partial charge on any atom is 0.402 e. The van der Waals surface area contributed by atoms with Crippen molar-refractivity contribution in [3.63, 3.8) is 0 Å². The molecule has 17 heteroatoms. The molecule has 10 atom stereocenters. The van der Waals surface area contributed by atoms with Crippen molar-refractivity contribution in [2.24, 2.45) is 0 Å². The molecule has 0 saturated carbocycles. The average molecular weight is 628 g/mol. The number of fused-ring (bicyclic) bond motifs is 1. The van der Waals surface area contributed by atoms with Crippen molar-refractivity contribution in [3.05, 3.63) is 30.3 Å². The summed E-state index contributed by atoms with van der Waals surface area (Å²) < 4.78 is 28.4. The van der Waals surface area contributed by atoms with Gasteiger partial charge in [0.05, 0.1) is 24.8 Å². The molecule has 240 valence electrons. The first-order valence-electron chi connectivity index (χ1n) is 13.2. The SMILES string of the molecule is OCC1O[C@@H](Oc2cc3c(O)cc(O)cc3[o+]c2-c2cc(O)c(O)c(O)c2)C(O[C@@H]2OC(CO)[C@@H](O)C(O)[C@H]2O)C(O)[C@@H]1O. The highest BCUT2D eigenvalue weighted by molar-refractivity contribution is 5.88. The fraction of sp³-hybridized carbons (Fsp3) is 0.444. The molecule has 2 saturated heterocycles. The van der Waals surface area contributed by atoms with Crippen molar-refractivity contribution in [3.8, 4) is 45.8 Å². The molecule has 44 heavy (non-hydrogen) atoms. The smallest absolute Gasteiger partial charge is 0.402 e. The molecule has 2 aromatic carbocycles. The lowest BCUT2D eigenvalue weighted by Crippen LogP contribution is -2.65. The van der Waals surface area contributed by atoms with E-state index in [4.69, 9.17) is 23.4 Å². The predicted octanol–water partition coefficient (Wildman–Crippen LogP) is -2.09. The number of rotatable bonds is 7. The summed E-state index contributed by atoms with van der Waals surface area (Å²) in [7, 11) is 0. The number of phenols is 5. The summed E-state index contributed by atoms with van der Waals surface area (Å²) in [6, 6.07) is 5.27.